The normalized spacial score (nSPS) is 16.2. The van der Waals surface area contributed by atoms with Crippen molar-refractivity contribution in [1.29, 1.82) is 0 Å². The third-order valence-electron chi connectivity index (χ3n) is 5.04. The molecule has 2 heterocycles. The zero-order chi connectivity index (χ0) is 18.1. The topological polar surface area (TPSA) is 53.1 Å². The van der Waals surface area contributed by atoms with Gasteiger partial charge < -0.3 is 15.2 Å². The second kappa shape index (κ2) is 6.96. The van der Waals surface area contributed by atoms with Gasteiger partial charge in [0.1, 0.15) is 5.82 Å². The SMILES string of the molecule is CC(Cc1ccccc1)n1c(=O)[nH]c2c(N3CCNCC3)cc(F)cc21. The van der Waals surface area contributed by atoms with Gasteiger partial charge in [0.2, 0.25) is 0 Å². The first-order chi connectivity index (χ1) is 12.6. The van der Waals surface area contributed by atoms with Crippen molar-refractivity contribution in [2.75, 3.05) is 31.1 Å². The molecule has 1 unspecified atom stereocenters. The Hall–Kier alpha value is -2.60. The predicted octanol–water partition coefficient (Wildman–Crippen LogP) is 2.68. The molecule has 1 aromatic heterocycles. The maximum Gasteiger partial charge on any atom is 0.326 e. The van der Waals surface area contributed by atoms with Crippen LogP contribution in [0.25, 0.3) is 11.0 Å². The van der Waals surface area contributed by atoms with E-state index in [-0.39, 0.29) is 17.5 Å². The molecule has 1 atom stereocenters. The Labute approximate surface area is 151 Å². The number of aromatic amines is 1. The molecule has 0 radical (unpaired) electrons. The highest BCUT2D eigenvalue weighted by Gasteiger charge is 2.20. The third kappa shape index (κ3) is 3.12. The lowest BCUT2D eigenvalue weighted by Gasteiger charge is -2.29. The summed E-state index contributed by atoms with van der Waals surface area (Å²) in [4.78, 5) is 17.8. The Kier molecular flexibility index (Phi) is 4.51. The van der Waals surface area contributed by atoms with Crippen LogP contribution in [0.1, 0.15) is 18.5 Å². The summed E-state index contributed by atoms with van der Waals surface area (Å²) in [6.07, 6.45) is 0.715. The van der Waals surface area contributed by atoms with Gasteiger partial charge in [0, 0.05) is 32.2 Å². The molecule has 1 saturated heterocycles. The van der Waals surface area contributed by atoms with Crippen molar-refractivity contribution < 1.29 is 4.39 Å². The lowest BCUT2D eigenvalue weighted by atomic mass is 10.1. The van der Waals surface area contributed by atoms with Gasteiger partial charge in [-0.15, -0.1) is 0 Å². The number of benzene rings is 2. The predicted molar refractivity (Wildman–Crippen MR) is 102 cm³/mol. The first-order valence-electron chi connectivity index (χ1n) is 9.07. The van der Waals surface area contributed by atoms with Crippen molar-refractivity contribution in [2.24, 2.45) is 0 Å². The summed E-state index contributed by atoms with van der Waals surface area (Å²) in [5, 5.41) is 3.30. The minimum absolute atomic E-state index is 0.0728. The summed E-state index contributed by atoms with van der Waals surface area (Å²) >= 11 is 0. The number of imidazole rings is 1. The molecule has 0 amide bonds. The molecule has 26 heavy (non-hydrogen) atoms. The maximum atomic E-state index is 14.4. The Morgan fingerprint density at radius 2 is 1.88 bits per heavy atom. The zero-order valence-corrected chi connectivity index (χ0v) is 14.8. The van der Waals surface area contributed by atoms with Crippen molar-refractivity contribution in [1.82, 2.24) is 14.9 Å². The number of H-pyrrole nitrogens is 1. The number of anilines is 1. The van der Waals surface area contributed by atoms with Crippen molar-refractivity contribution >= 4 is 16.7 Å². The Morgan fingerprint density at radius 3 is 2.62 bits per heavy atom. The molecule has 0 aliphatic carbocycles. The van der Waals surface area contributed by atoms with E-state index in [9.17, 15) is 9.18 Å². The van der Waals surface area contributed by atoms with Gasteiger partial charge in [0.25, 0.3) is 0 Å². The number of fused-ring (bicyclic) bond motifs is 1. The van der Waals surface area contributed by atoms with Crippen molar-refractivity contribution in [2.45, 2.75) is 19.4 Å². The van der Waals surface area contributed by atoms with Crippen LogP contribution in [-0.4, -0.2) is 35.7 Å². The molecule has 6 heteroatoms. The van der Waals surface area contributed by atoms with E-state index in [2.05, 4.69) is 15.2 Å². The Bertz CT molecular complexity index is 957. The van der Waals surface area contributed by atoms with E-state index in [1.165, 1.54) is 12.1 Å². The number of halogens is 1. The molecular formula is C20H23FN4O. The first-order valence-corrected chi connectivity index (χ1v) is 9.07. The van der Waals surface area contributed by atoms with E-state index >= 15 is 0 Å². The number of nitrogens with one attached hydrogen (secondary N) is 2. The zero-order valence-electron chi connectivity index (χ0n) is 14.8. The minimum Gasteiger partial charge on any atom is -0.367 e. The van der Waals surface area contributed by atoms with Crippen molar-refractivity contribution in [3.05, 3.63) is 64.3 Å². The lowest BCUT2D eigenvalue weighted by molar-refractivity contribution is 0.542. The van der Waals surface area contributed by atoms with Crippen LogP contribution in [0.4, 0.5) is 10.1 Å². The first kappa shape index (κ1) is 16.8. The minimum atomic E-state index is -0.314. The second-order valence-electron chi connectivity index (χ2n) is 6.89. The molecule has 1 aliphatic rings. The Morgan fingerprint density at radius 1 is 1.15 bits per heavy atom. The van der Waals surface area contributed by atoms with Crippen LogP contribution in [0.15, 0.2) is 47.3 Å². The van der Waals surface area contributed by atoms with Crippen LogP contribution in [0.3, 0.4) is 0 Å². The maximum absolute atomic E-state index is 14.4. The summed E-state index contributed by atoms with van der Waals surface area (Å²) in [5.74, 6) is -0.314. The summed E-state index contributed by atoms with van der Waals surface area (Å²) < 4.78 is 16.0. The molecule has 5 nitrogen and oxygen atoms in total. The number of hydrogen-bond donors (Lipinski definition) is 2. The van der Waals surface area contributed by atoms with Gasteiger partial charge in [-0.05, 0) is 31.0 Å². The fourth-order valence-electron chi connectivity index (χ4n) is 3.81. The average Bonchev–Trinajstić information content (AvgIpc) is 2.98. The monoisotopic (exact) mass is 354 g/mol. The van der Waals surface area contributed by atoms with Gasteiger partial charge in [-0.2, -0.15) is 0 Å². The number of hydrogen-bond acceptors (Lipinski definition) is 3. The molecule has 1 aliphatic heterocycles. The van der Waals surface area contributed by atoms with Gasteiger partial charge >= 0.3 is 5.69 Å². The second-order valence-corrected chi connectivity index (χ2v) is 6.89. The van der Waals surface area contributed by atoms with Gasteiger partial charge in [0.15, 0.2) is 0 Å². The van der Waals surface area contributed by atoms with E-state index < -0.39 is 0 Å². The third-order valence-corrected chi connectivity index (χ3v) is 5.04. The molecular weight excluding hydrogens is 331 g/mol. The fourth-order valence-corrected chi connectivity index (χ4v) is 3.81. The lowest BCUT2D eigenvalue weighted by Crippen LogP contribution is -2.43. The molecule has 2 aromatic carbocycles. The van der Waals surface area contributed by atoms with Crippen molar-refractivity contribution in [3.8, 4) is 0 Å². The van der Waals surface area contributed by atoms with E-state index in [1.807, 2.05) is 37.3 Å². The quantitative estimate of drug-likeness (QED) is 0.757. The highest BCUT2D eigenvalue weighted by Crippen LogP contribution is 2.28. The van der Waals surface area contributed by atoms with Crippen LogP contribution in [0.5, 0.6) is 0 Å². The summed E-state index contributed by atoms with van der Waals surface area (Å²) in [6, 6.07) is 12.9. The van der Waals surface area contributed by atoms with Gasteiger partial charge in [0.05, 0.1) is 16.7 Å². The summed E-state index contributed by atoms with van der Waals surface area (Å²) in [5.41, 5.74) is 3.08. The van der Waals surface area contributed by atoms with E-state index in [4.69, 9.17) is 0 Å². The molecule has 2 N–H and O–H groups in total. The van der Waals surface area contributed by atoms with Gasteiger partial charge in [-0.1, -0.05) is 30.3 Å². The smallest absolute Gasteiger partial charge is 0.326 e. The molecule has 0 saturated carbocycles. The number of aromatic nitrogens is 2. The fraction of sp³-hybridized carbons (Fsp3) is 0.350. The number of nitrogens with zero attached hydrogens (tertiary/aromatic N) is 2. The largest absolute Gasteiger partial charge is 0.367 e. The van der Waals surface area contributed by atoms with E-state index in [1.54, 1.807) is 4.57 Å². The van der Waals surface area contributed by atoms with Crippen LogP contribution in [0, 0.1) is 5.82 Å². The van der Waals surface area contributed by atoms with E-state index in [0.29, 0.717) is 11.9 Å². The highest BCUT2D eigenvalue weighted by atomic mass is 19.1. The summed E-state index contributed by atoms with van der Waals surface area (Å²) in [6.45, 7) is 5.30. The molecule has 1 fully saturated rings. The molecule has 0 spiro atoms. The van der Waals surface area contributed by atoms with Crippen LogP contribution in [0.2, 0.25) is 0 Å². The molecule has 136 valence electrons. The summed E-state index contributed by atoms with van der Waals surface area (Å²) in [7, 11) is 0. The molecule has 0 bridgehead atoms. The molecule has 3 aromatic rings. The van der Waals surface area contributed by atoms with Crippen LogP contribution < -0.4 is 15.9 Å². The average molecular weight is 354 g/mol. The Balaban J connectivity index is 1.77. The van der Waals surface area contributed by atoms with Crippen molar-refractivity contribution in [3.63, 3.8) is 0 Å². The van der Waals surface area contributed by atoms with Gasteiger partial charge in [-0.25, -0.2) is 9.18 Å². The number of piperazine rings is 1. The number of rotatable bonds is 4. The van der Waals surface area contributed by atoms with Crippen LogP contribution in [-0.2, 0) is 6.42 Å². The van der Waals surface area contributed by atoms with E-state index in [0.717, 1.165) is 42.9 Å². The van der Waals surface area contributed by atoms with Crippen LogP contribution >= 0.6 is 0 Å². The molecule has 4 rings (SSSR count). The van der Waals surface area contributed by atoms with Gasteiger partial charge in [-0.3, -0.25) is 4.57 Å². The standard InChI is InChI=1S/C20H23FN4O/c1-14(11-15-5-3-2-4-6-15)25-18-13-16(21)12-17(19(18)23-20(25)26)24-9-7-22-8-10-24/h2-6,12-14,22H,7-11H2,1H3,(H,23,26). The highest BCUT2D eigenvalue weighted by molar-refractivity contribution is 5.89.